The molecule has 3 aromatic carbocycles. The number of ether oxygens (including phenoxy) is 1. The Morgan fingerprint density at radius 2 is 1.52 bits per heavy atom. The third-order valence-corrected chi connectivity index (χ3v) is 10.1. The lowest BCUT2D eigenvalue weighted by atomic mass is 9.96. The van der Waals surface area contributed by atoms with Crippen molar-refractivity contribution in [2.24, 2.45) is 11.8 Å². The monoisotopic (exact) mass is 758 g/mol. The third-order valence-electron chi connectivity index (χ3n) is 9.52. The summed E-state index contributed by atoms with van der Waals surface area (Å²) in [4.78, 5) is 61.6. The lowest BCUT2D eigenvalue weighted by Gasteiger charge is -2.30. The van der Waals surface area contributed by atoms with Crippen LogP contribution < -0.4 is 21.3 Å². The van der Waals surface area contributed by atoms with Crippen LogP contribution in [0.1, 0.15) is 63.8 Å². The topological polar surface area (TPSA) is 175 Å². The standard InChI is InChI=1S/C41H54N6O6S/c1-5-27(4)36(23-48)44-38(49)21-37(54)33(18-26(2)3)45-40(51)35(20-31-22-42-25-43-31)46-39(50)34(47-41(52)53-24-28-12-7-6-8-13-28)19-30-16-11-15-29-14-9-10-17-32(29)30/h6-17,22,25-27,33-37,48,54H,5,18-21,23-24H2,1-4H3,(H,42,43)(H,44,49)(H,45,51)(H,46,50)(H,47,52)/t27?,33?,34-,35-,36+,37?/m0/s1. The number of imidazole rings is 1. The summed E-state index contributed by atoms with van der Waals surface area (Å²) in [5.41, 5.74) is 2.23. The van der Waals surface area contributed by atoms with Gasteiger partial charge in [-0.3, -0.25) is 14.4 Å². The van der Waals surface area contributed by atoms with Crippen LogP contribution in [-0.2, 0) is 38.6 Å². The number of hydrogen-bond acceptors (Lipinski definition) is 8. The second-order valence-electron chi connectivity index (χ2n) is 14.2. The summed E-state index contributed by atoms with van der Waals surface area (Å²) in [7, 11) is 0. The zero-order chi connectivity index (χ0) is 39.0. The normalized spacial score (nSPS) is 14.6. The number of nitrogens with zero attached hydrogens (tertiary/aromatic N) is 1. The summed E-state index contributed by atoms with van der Waals surface area (Å²) >= 11 is 4.77. The minimum absolute atomic E-state index is 0.00735. The van der Waals surface area contributed by atoms with Crippen LogP contribution in [-0.4, -0.2) is 74.9 Å². The molecule has 0 saturated heterocycles. The first-order chi connectivity index (χ1) is 26.0. The number of amides is 4. The maximum atomic E-state index is 14.2. The lowest BCUT2D eigenvalue weighted by molar-refractivity contribution is -0.130. The number of alkyl carbamates (subject to hydrolysis) is 1. The van der Waals surface area contributed by atoms with E-state index in [1.165, 1.54) is 6.33 Å². The van der Waals surface area contributed by atoms with E-state index >= 15 is 0 Å². The van der Waals surface area contributed by atoms with E-state index < -0.39 is 41.3 Å². The largest absolute Gasteiger partial charge is 0.445 e. The summed E-state index contributed by atoms with van der Waals surface area (Å²) < 4.78 is 5.49. The molecular formula is C41H54N6O6S. The molecule has 6 N–H and O–H groups in total. The molecule has 13 heteroatoms. The van der Waals surface area contributed by atoms with E-state index in [9.17, 15) is 24.3 Å². The molecule has 0 saturated carbocycles. The fraction of sp³-hybridized carbons (Fsp3) is 0.439. The quantitative estimate of drug-likeness (QED) is 0.0630. The molecule has 0 aliphatic heterocycles. The fourth-order valence-electron chi connectivity index (χ4n) is 6.26. The van der Waals surface area contributed by atoms with Crippen molar-refractivity contribution in [1.29, 1.82) is 0 Å². The molecule has 1 aromatic heterocycles. The van der Waals surface area contributed by atoms with Crippen molar-refractivity contribution in [3.63, 3.8) is 0 Å². The van der Waals surface area contributed by atoms with E-state index in [1.807, 2.05) is 100 Å². The SMILES string of the molecule is CCC(C)[C@@H](CO)NC(=O)CC(S)C(CC(C)C)NC(=O)[C@H](Cc1cnc[nH]1)NC(=O)[C@H](Cc1cccc2ccccc12)NC(=O)OCc1ccccc1. The van der Waals surface area contributed by atoms with Gasteiger partial charge in [0.25, 0.3) is 0 Å². The van der Waals surface area contributed by atoms with Gasteiger partial charge in [0.15, 0.2) is 0 Å². The van der Waals surface area contributed by atoms with Crippen molar-refractivity contribution in [2.45, 2.75) is 95.8 Å². The van der Waals surface area contributed by atoms with Crippen LogP contribution >= 0.6 is 12.6 Å². The van der Waals surface area contributed by atoms with Crippen LogP contribution in [0.3, 0.4) is 0 Å². The Morgan fingerprint density at radius 3 is 2.20 bits per heavy atom. The Labute approximate surface area is 323 Å². The second kappa shape index (κ2) is 21.1. The molecule has 0 fully saturated rings. The van der Waals surface area contributed by atoms with Crippen molar-refractivity contribution < 1.29 is 29.0 Å². The van der Waals surface area contributed by atoms with Crippen molar-refractivity contribution in [2.75, 3.05) is 6.61 Å². The average molecular weight is 759 g/mol. The summed E-state index contributed by atoms with van der Waals surface area (Å²) in [5.74, 6) is -1.11. The van der Waals surface area contributed by atoms with E-state index in [4.69, 9.17) is 17.4 Å². The van der Waals surface area contributed by atoms with Gasteiger partial charge in [0, 0.05) is 42.4 Å². The molecular weight excluding hydrogens is 705 g/mol. The number of aromatic amines is 1. The first-order valence-electron chi connectivity index (χ1n) is 18.6. The number of carbonyl (C=O) groups is 4. The first kappa shape index (κ1) is 41.9. The van der Waals surface area contributed by atoms with Crippen LogP contribution in [0.5, 0.6) is 0 Å². The molecule has 12 nitrogen and oxygen atoms in total. The Kier molecular flexibility index (Phi) is 16.4. The lowest BCUT2D eigenvalue weighted by Crippen LogP contribution is -2.57. The fourth-order valence-corrected chi connectivity index (χ4v) is 6.62. The Morgan fingerprint density at radius 1 is 0.833 bits per heavy atom. The van der Waals surface area contributed by atoms with E-state index in [1.54, 1.807) is 6.20 Å². The molecule has 4 aromatic rings. The van der Waals surface area contributed by atoms with Crippen LogP contribution in [0.2, 0.25) is 0 Å². The van der Waals surface area contributed by atoms with Crippen LogP contribution in [0, 0.1) is 11.8 Å². The number of carbonyl (C=O) groups excluding carboxylic acids is 4. The molecule has 3 unspecified atom stereocenters. The highest BCUT2D eigenvalue weighted by Crippen LogP contribution is 2.21. The number of rotatable bonds is 20. The zero-order valence-electron chi connectivity index (χ0n) is 31.5. The van der Waals surface area contributed by atoms with E-state index in [0.717, 1.165) is 28.3 Å². The third kappa shape index (κ3) is 12.9. The molecule has 4 amide bonds. The second-order valence-corrected chi connectivity index (χ2v) is 14.9. The van der Waals surface area contributed by atoms with Gasteiger partial charge in [0.05, 0.1) is 19.0 Å². The molecule has 0 spiro atoms. The molecule has 6 atom stereocenters. The highest BCUT2D eigenvalue weighted by atomic mass is 32.1. The summed E-state index contributed by atoms with van der Waals surface area (Å²) in [6, 6.07) is 19.7. The number of hydrogen-bond donors (Lipinski definition) is 7. The number of nitrogens with one attached hydrogen (secondary N) is 5. The molecule has 0 radical (unpaired) electrons. The van der Waals surface area contributed by atoms with Gasteiger partial charge in [-0.1, -0.05) is 107 Å². The van der Waals surface area contributed by atoms with Gasteiger partial charge < -0.3 is 36.1 Å². The minimum atomic E-state index is -1.10. The molecule has 0 bridgehead atoms. The van der Waals surface area contributed by atoms with E-state index in [2.05, 4.69) is 31.2 Å². The molecule has 4 rings (SSSR count). The predicted octanol–water partition coefficient (Wildman–Crippen LogP) is 4.87. The van der Waals surface area contributed by atoms with Crippen LogP contribution in [0.25, 0.3) is 10.8 Å². The van der Waals surface area contributed by atoms with E-state index in [0.29, 0.717) is 12.1 Å². The summed E-state index contributed by atoms with van der Waals surface area (Å²) in [6.07, 6.45) is 3.81. The van der Waals surface area contributed by atoms with Gasteiger partial charge in [-0.05, 0) is 40.2 Å². The summed E-state index contributed by atoms with van der Waals surface area (Å²) in [6.45, 7) is 7.81. The number of fused-ring (bicyclic) bond motifs is 1. The Bertz CT molecular complexity index is 1780. The van der Waals surface area contributed by atoms with Crippen molar-refractivity contribution in [3.05, 3.63) is 102 Å². The van der Waals surface area contributed by atoms with Gasteiger partial charge in [-0.25, -0.2) is 9.78 Å². The smallest absolute Gasteiger partial charge is 0.408 e. The number of aliphatic hydroxyl groups excluding tert-OH is 1. The zero-order valence-corrected chi connectivity index (χ0v) is 32.4. The number of aromatic nitrogens is 2. The first-order valence-corrected chi connectivity index (χ1v) is 19.1. The number of thiol groups is 1. The van der Waals surface area contributed by atoms with Crippen LogP contribution in [0.4, 0.5) is 4.79 Å². The van der Waals surface area contributed by atoms with Gasteiger partial charge >= 0.3 is 6.09 Å². The minimum Gasteiger partial charge on any atom is -0.445 e. The predicted molar refractivity (Wildman–Crippen MR) is 213 cm³/mol. The van der Waals surface area contributed by atoms with Gasteiger partial charge in [0.2, 0.25) is 17.7 Å². The number of H-pyrrole nitrogens is 1. The maximum Gasteiger partial charge on any atom is 0.408 e. The summed E-state index contributed by atoms with van der Waals surface area (Å²) in [5, 5.41) is 22.8. The highest BCUT2D eigenvalue weighted by molar-refractivity contribution is 7.81. The van der Waals surface area contributed by atoms with Crippen molar-refractivity contribution >= 4 is 47.2 Å². The molecule has 0 aliphatic carbocycles. The number of aliphatic hydroxyl groups is 1. The molecule has 290 valence electrons. The van der Waals surface area contributed by atoms with Gasteiger partial charge in [0.1, 0.15) is 18.7 Å². The number of benzene rings is 3. The van der Waals surface area contributed by atoms with Crippen molar-refractivity contribution in [3.8, 4) is 0 Å². The molecule has 0 aliphatic rings. The Hall–Kier alpha value is -4.88. The van der Waals surface area contributed by atoms with Gasteiger partial charge in [-0.2, -0.15) is 12.6 Å². The van der Waals surface area contributed by atoms with Crippen LogP contribution in [0.15, 0.2) is 85.3 Å². The van der Waals surface area contributed by atoms with Gasteiger partial charge in [-0.15, -0.1) is 0 Å². The van der Waals surface area contributed by atoms with Crippen molar-refractivity contribution in [1.82, 2.24) is 31.2 Å². The average Bonchev–Trinajstić information content (AvgIpc) is 3.68. The Balaban J connectivity index is 1.55. The molecule has 54 heavy (non-hydrogen) atoms. The molecule has 1 heterocycles. The highest BCUT2D eigenvalue weighted by Gasteiger charge is 2.32. The van der Waals surface area contributed by atoms with E-state index in [-0.39, 0.29) is 56.3 Å². The maximum absolute atomic E-state index is 14.2.